The van der Waals surface area contributed by atoms with Crippen LogP contribution in [0.15, 0.2) is 35.4 Å². The van der Waals surface area contributed by atoms with E-state index in [2.05, 4.69) is 9.71 Å². The lowest BCUT2D eigenvalue weighted by atomic mass is 10.3. The van der Waals surface area contributed by atoms with Crippen LogP contribution in [0, 0.1) is 17.5 Å². The summed E-state index contributed by atoms with van der Waals surface area (Å²) in [5.74, 6) is -4.30. The first-order valence-corrected chi connectivity index (χ1v) is 7.40. The van der Waals surface area contributed by atoms with E-state index in [4.69, 9.17) is 11.6 Å². The van der Waals surface area contributed by atoms with Crippen molar-refractivity contribution in [1.82, 2.24) is 9.71 Å². The molecule has 1 aromatic carbocycles. The number of sulfonamides is 1. The van der Waals surface area contributed by atoms with E-state index in [9.17, 15) is 21.6 Å². The van der Waals surface area contributed by atoms with Crippen LogP contribution in [0.5, 0.6) is 0 Å². The van der Waals surface area contributed by atoms with Crippen LogP contribution in [0.4, 0.5) is 13.2 Å². The fourth-order valence-corrected chi connectivity index (χ4v) is 2.68. The lowest BCUT2D eigenvalue weighted by Crippen LogP contribution is -2.24. The largest absolute Gasteiger partial charge is 0.244 e. The number of rotatable bonds is 4. The van der Waals surface area contributed by atoms with E-state index < -0.39 is 32.4 Å². The van der Waals surface area contributed by atoms with Crippen molar-refractivity contribution in [1.29, 1.82) is 0 Å². The van der Waals surface area contributed by atoms with Crippen molar-refractivity contribution in [3.8, 4) is 0 Å². The minimum atomic E-state index is -4.33. The Morgan fingerprint density at radius 3 is 2.38 bits per heavy atom. The quantitative estimate of drug-likeness (QED) is 0.689. The predicted octanol–water partition coefficient (Wildman–Crippen LogP) is 2.63. The number of hydrogen-bond acceptors (Lipinski definition) is 3. The van der Waals surface area contributed by atoms with Gasteiger partial charge in [0.05, 0.1) is 0 Å². The first kappa shape index (κ1) is 15.7. The van der Waals surface area contributed by atoms with Crippen molar-refractivity contribution in [3.05, 3.63) is 58.6 Å². The Labute approximate surface area is 123 Å². The van der Waals surface area contributed by atoms with E-state index in [0.29, 0.717) is 5.56 Å². The summed E-state index contributed by atoms with van der Waals surface area (Å²) in [6.07, 6.45) is 1.33. The third kappa shape index (κ3) is 3.72. The van der Waals surface area contributed by atoms with Gasteiger partial charge in [-0.05, 0) is 17.7 Å². The molecule has 2 aromatic rings. The number of hydrogen-bond donors (Lipinski definition) is 1. The highest BCUT2D eigenvalue weighted by Crippen LogP contribution is 2.18. The molecule has 0 saturated carbocycles. The molecule has 0 amide bonds. The molecule has 112 valence electrons. The Balaban J connectivity index is 2.22. The third-order valence-corrected chi connectivity index (χ3v) is 4.16. The summed E-state index contributed by atoms with van der Waals surface area (Å²) < 4.78 is 65.1. The summed E-state index contributed by atoms with van der Waals surface area (Å²) in [6, 6.07) is 3.42. The van der Waals surface area contributed by atoms with Gasteiger partial charge in [-0.1, -0.05) is 17.7 Å². The molecule has 0 aliphatic rings. The first-order chi connectivity index (χ1) is 9.79. The summed E-state index contributed by atoms with van der Waals surface area (Å²) in [4.78, 5) is 2.77. The number of nitrogens with zero attached hydrogens (tertiary/aromatic N) is 1. The van der Waals surface area contributed by atoms with Crippen LogP contribution in [-0.2, 0) is 16.6 Å². The molecule has 2 rings (SSSR count). The molecule has 1 aromatic heterocycles. The zero-order valence-corrected chi connectivity index (χ0v) is 11.9. The molecule has 0 unspecified atom stereocenters. The highest BCUT2D eigenvalue weighted by Gasteiger charge is 2.21. The van der Waals surface area contributed by atoms with Gasteiger partial charge in [0, 0.05) is 18.8 Å². The van der Waals surface area contributed by atoms with Gasteiger partial charge < -0.3 is 0 Å². The van der Waals surface area contributed by atoms with Crippen LogP contribution in [0.25, 0.3) is 0 Å². The summed E-state index contributed by atoms with van der Waals surface area (Å²) in [6.45, 7) is -0.203. The van der Waals surface area contributed by atoms with Crippen LogP contribution >= 0.6 is 11.6 Å². The number of aromatic nitrogens is 1. The monoisotopic (exact) mass is 336 g/mol. The van der Waals surface area contributed by atoms with Gasteiger partial charge in [0.2, 0.25) is 10.0 Å². The number of pyridine rings is 1. The maximum Gasteiger partial charge on any atom is 0.243 e. The van der Waals surface area contributed by atoms with Crippen LogP contribution in [0.1, 0.15) is 5.56 Å². The van der Waals surface area contributed by atoms with Gasteiger partial charge in [0.15, 0.2) is 11.6 Å². The third-order valence-electron chi connectivity index (χ3n) is 2.52. The zero-order chi connectivity index (χ0) is 15.6. The number of nitrogens with one attached hydrogen (secondary N) is 1. The zero-order valence-electron chi connectivity index (χ0n) is 10.3. The second kappa shape index (κ2) is 6.00. The standard InChI is InChI=1S/C12H8ClF3N2O2S/c13-12-2-1-7(5-17-12)6-18-21(19,20)11-4-9(15)8(14)3-10(11)16/h1-5,18H,6H2. The fourth-order valence-electron chi connectivity index (χ4n) is 1.48. The van der Waals surface area contributed by atoms with Gasteiger partial charge in [0.1, 0.15) is 15.9 Å². The normalized spacial score (nSPS) is 11.6. The van der Waals surface area contributed by atoms with E-state index in [-0.39, 0.29) is 23.8 Å². The smallest absolute Gasteiger partial charge is 0.243 e. The fraction of sp³-hybridized carbons (Fsp3) is 0.0833. The Morgan fingerprint density at radius 1 is 1.10 bits per heavy atom. The maximum atomic E-state index is 13.4. The second-order valence-corrected chi connectivity index (χ2v) is 6.13. The molecule has 0 saturated heterocycles. The molecule has 4 nitrogen and oxygen atoms in total. The predicted molar refractivity (Wildman–Crippen MR) is 69.6 cm³/mol. The molecule has 0 fully saturated rings. The Bertz CT molecular complexity index is 767. The second-order valence-electron chi connectivity index (χ2n) is 4.01. The van der Waals surface area contributed by atoms with Gasteiger partial charge in [-0.25, -0.2) is 31.3 Å². The molecule has 0 spiro atoms. The average molecular weight is 337 g/mol. The summed E-state index contributed by atoms with van der Waals surface area (Å²) in [7, 11) is -4.33. The van der Waals surface area contributed by atoms with Crippen molar-refractivity contribution in [2.45, 2.75) is 11.4 Å². The Hall–Kier alpha value is -1.64. The Kier molecular flexibility index (Phi) is 4.50. The first-order valence-electron chi connectivity index (χ1n) is 5.54. The molecule has 9 heteroatoms. The van der Waals surface area contributed by atoms with E-state index in [1.54, 1.807) is 0 Å². The molecule has 1 heterocycles. The molecule has 0 atom stereocenters. The van der Waals surface area contributed by atoms with Crippen LogP contribution in [0.3, 0.4) is 0 Å². The van der Waals surface area contributed by atoms with E-state index >= 15 is 0 Å². The lowest BCUT2D eigenvalue weighted by Gasteiger charge is -2.08. The molecule has 0 aliphatic heterocycles. The van der Waals surface area contributed by atoms with Crippen LogP contribution in [-0.4, -0.2) is 13.4 Å². The van der Waals surface area contributed by atoms with E-state index in [0.717, 1.165) is 0 Å². The van der Waals surface area contributed by atoms with Crippen LogP contribution < -0.4 is 4.72 Å². The van der Waals surface area contributed by atoms with Crippen LogP contribution in [0.2, 0.25) is 5.15 Å². The van der Waals surface area contributed by atoms with Crippen molar-refractivity contribution >= 4 is 21.6 Å². The van der Waals surface area contributed by atoms with Crippen molar-refractivity contribution < 1.29 is 21.6 Å². The topological polar surface area (TPSA) is 59.1 Å². The minimum Gasteiger partial charge on any atom is -0.244 e. The SMILES string of the molecule is O=S(=O)(NCc1ccc(Cl)nc1)c1cc(F)c(F)cc1F. The molecular weight excluding hydrogens is 329 g/mol. The van der Waals surface area contributed by atoms with Gasteiger partial charge in [-0.15, -0.1) is 0 Å². The molecule has 0 aliphatic carbocycles. The molecule has 1 N–H and O–H groups in total. The van der Waals surface area contributed by atoms with Crippen molar-refractivity contribution in [2.24, 2.45) is 0 Å². The summed E-state index contributed by atoms with van der Waals surface area (Å²) in [5.41, 5.74) is 0.464. The summed E-state index contributed by atoms with van der Waals surface area (Å²) in [5, 5.41) is 0.230. The van der Waals surface area contributed by atoms with Crippen molar-refractivity contribution in [2.75, 3.05) is 0 Å². The van der Waals surface area contributed by atoms with Gasteiger partial charge in [0.25, 0.3) is 0 Å². The lowest BCUT2D eigenvalue weighted by molar-refractivity contribution is 0.481. The van der Waals surface area contributed by atoms with E-state index in [1.165, 1.54) is 18.3 Å². The maximum absolute atomic E-state index is 13.4. The molecule has 21 heavy (non-hydrogen) atoms. The summed E-state index contributed by atoms with van der Waals surface area (Å²) >= 11 is 5.57. The Morgan fingerprint density at radius 2 is 1.76 bits per heavy atom. The van der Waals surface area contributed by atoms with E-state index in [1.807, 2.05) is 0 Å². The molecular formula is C12H8ClF3N2O2S. The highest BCUT2D eigenvalue weighted by molar-refractivity contribution is 7.89. The number of halogens is 4. The molecule has 0 radical (unpaired) electrons. The average Bonchev–Trinajstić information content (AvgIpc) is 2.42. The van der Waals surface area contributed by atoms with Gasteiger partial charge >= 0.3 is 0 Å². The minimum absolute atomic E-state index is 0.174. The van der Waals surface area contributed by atoms with Gasteiger partial charge in [-0.2, -0.15) is 0 Å². The molecule has 0 bridgehead atoms. The van der Waals surface area contributed by atoms with Gasteiger partial charge in [-0.3, -0.25) is 0 Å². The highest BCUT2D eigenvalue weighted by atomic mass is 35.5. The van der Waals surface area contributed by atoms with Crippen molar-refractivity contribution in [3.63, 3.8) is 0 Å². The number of benzene rings is 1.